The van der Waals surface area contributed by atoms with Crippen LogP contribution in [0.3, 0.4) is 0 Å². The minimum Gasteiger partial charge on any atom is -0.494 e. The largest absolute Gasteiger partial charge is 0.494 e. The molecule has 156 valence electrons. The molecule has 0 saturated carbocycles. The number of H-pyrrole nitrogens is 1. The average Bonchev–Trinajstić information content (AvgIpc) is 3.04. The van der Waals surface area contributed by atoms with E-state index in [-0.39, 0.29) is 18.4 Å². The number of rotatable bonds is 5. The molecule has 1 aromatic heterocycles. The quantitative estimate of drug-likeness (QED) is 0.803. The predicted molar refractivity (Wildman–Crippen MR) is 109 cm³/mol. The van der Waals surface area contributed by atoms with Crippen molar-refractivity contribution in [2.45, 2.75) is 52.7 Å². The monoisotopic (exact) mass is 400 g/mol. The zero-order valence-corrected chi connectivity index (χ0v) is 17.4. The van der Waals surface area contributed by atoms with E-state index in [2.05, 4.69) is 15.5 Å². The van der Waals surface area contributed by atoms with E-state index >= 15 is 0 Å². The Labute approximate surface area is 170 Å². The van der Waals surface area contributed by atoms with E-state index in [1.54, 1.807) is 4.90 Å². The molecule has 0 radical (unpaired) electrons. The molecule has 3 rings (SSSR count). The van der Waals surface area contributed by atoms with Crippen molar-refractivity contribution in [1.82, 2.24) is 15.1 Å². The lowest BCUT2D eigenvalue weighted by atomic mass is 10.1. The standard InChI is InChI=1S/C21H28N4O4/c1-5-28-15-8-6-14(7-9-15)12-18(26)22-19-16-10-11-25(13-17(16)23-24-19)20(27)29-21(2,3)4/h6-9H,5,10-13H2,1-4H3,(H2,22,23,24,26). The summed E-state index contributed by atoms with van der Waals surface area (Å²) < 4.78 is 10.8. The van der Waals surface area contributed by atoms with Gasteiger partial charge < -0.3 is 19.7 Å². The number of aromatic nitrogens is 2. The Bertz CT molecular complexity index is 868. The second kappa shape index (κ2) is 8.55. The summed E-state index contributed by atoms with van der Waals surface area (Å²) in [7, 11) is 0. The van der Waals surface area contributed by atoms with Crippen molar-refractivity contribution in [2.24, 2.45) is 0 Å². The third kappa shape index (κ3) is 5.49. The van der Waals surface area contributed by atoms with Crippen LogP contribution in [0.4, 0.5) is 10.6 Å². The summed E-state index contributed by atoms with van der Waals surface area (Å²) in [6, 6.07) is 7.47. The van der Waals surface area contributed by atoms with Crippen molar-refractivity contribution in [1.29, 1.82) is 0 Å². The van der Waals surface area contributed by atoms with Crippen LogP contribution in [0.2, 0.25) is 0 Å². The first kappa shape index (κ1) is 20.7. The molecule has 0 fully saturated rings. The number of aromatic amines is 1. The Hall–Kier alpha value is -3.03. The molecule has 0 aliphatic carbocycles. The van der Waals surface area contributed by atoms with Crippen LogP contribution in [-0.2, 0) is 28.9 Å². The van der Waals surface area contributed by atoms with E-state index in [1.165, 1.54) is 0 Å². The first-order valence-corrected chi connectivity index (χ1v) is 9.81. The van der Waals surface area contributed by atoms with Crippen molar-refractivity contribution in [3.63, 3.8) is 0 Å². The Kier molecular flexibility index (Phi) is 6.10. The van der Waals surface area contributed by atoms with Crippen LogP contribution in [0.5, 0.6) is 5.75 Å². The molecular weight excluding hydrogens is 372 g/mol. The molecule has 8 nitrogen and oxygen atoms in total. The van der Waals surface area contributed by atoms with E-state index in [0.29, 0.717) is 31.9 Å². The topological polar surface area (TPSA) is 96.5 Å². The second-order valence-electron chi connectivity index (χ2n) is 7.98. The number of carbonyl (C=O) groups is 2. The highest BCUT2D eigenvalue weighted by Crippen LogP contribution is 2.25. The highest BCUT2D eigenvalue weighted by atomic mass is 16.6. The molecule has 2 amide bonds. The molecular formula is C21H28N4O4. The fourth-order valence-electron chi connectivity index (χ4n) is 3.14. The molecule has 0 bridgehead atoms. The van der Waals surface area contributed by atoms with Crippen molar-refractivity contribution < 1.29 is 19.1 Å². The molecule has 1 aliphatic rings. The van der Waals surface area contributed by atoms with Gasteiger partial charge in [-0.1, -0.05) is 12.1 Å². The van der Waals surface area contributed by atoms with Crippen LogP contribution in [0, 0.1) is 0 Å². The molecule has 2 heterocycles. The number of ether oxygens (including phenoxy) is 2. The number of hydrogen-bond donors (Lipinski definition) is 2. The predicted octanol–water partition coefficient (Wildman–Crippen LogP) is 3.28. The molecule has 8 heteroatoms. The zero-order valence-electron chi connectivity index (χ0n) is 17.4. The van der Waals surface area contributed by atoms with Gasteiger partial charge in [-0.05, 0) is 51.8 Å². The fourth-order valence-corrected chi connectivity index (χ4v) is 3.14. The first-order valence-electron chi connectivity index (χ1n) is 9.81. The number of nitrogens with one attached hydrogen (secondary N) is 2. The lowest BCUT2D eigenvalue weighted by Crippen LogP contribution is -2.40. The van der Waals surface area contributed by atoms with E-state index in [4.69, 9.17) is 9.47 Å². The third-order valence-corrected chi connectivity index (χ3v) is 4.44. The number of amides is 2. The molecule has 1 aromatic carbocycles. The maximum atomic E-state index is 12.4. The lowest BCUT2D eigenvalue weighted by molar-refractivity contribution is -0.115. The Morgan fingerprint density at radius 3 is 2.62 bits per heavy atom. The van der Waals surface area contributed by atoms with Gasteiger partial charge in [0.2, 0.25) is 5.91 Å². The number of benzene rings is 1. The van der Waals surface area contributed by atoms with Gasteiger partial charge in [-0.3, -0.25) is 9.89 Å². The highest BCUT2D eigenvalue weighted by molar-refractivity contribution is 5.92. The summed E-state index contributed by atoms with van der Waals surface area (Å²) in [5, 5.41) is 10.0. The second-order valence-corrected chi connectivity index (χ2v) is 7.98. The zero-order chi connectivity index (χ0) is 21.0. The summed E-state index contributed by atoms with van der Waals surface area (Å²) in [6.45, 7) is 8.96. The summed E-state index contributed by atoms with van der Waals surface area (Å²) in [5.74, 6) is 1.17. The van der Waals surface area contributed by atoms with Crippen molar-refractivity contribution in [3.8, 4) is 5.75 Å². The molecule has 0 spiro atoms. The smallest absolute Gasteiger partial charge is 0.410 e. The molecule has 29 heavy (non-hydrogen) atoms. The normalized spacial score (nSPS) is 13.6. The van der Waals surface area contributed by atoms with Gasteiger partial charge in [0.1, 0.15) is 11.4 Å². The van der Waals surface area contributed by atoms with E-state index in [9.17, 15) is 9.59 Å². The third-order valence-electron chi connectivity index (χ3n) is 4.44. The fraction of sp³-hybridized carbons (Fsp3) is 0.476. The van der Waals surface area contributed by atoms with Crippen LogP contribution in [0.25, 0.3) is 0 Å². The molecule has 0 saturated heterocycles. The number of carbonyl (C=O) groups excluding carboxylic acids is 2. The minimum atomic E-state index is -0.536. The maximum Gasteiger partial charge on any atom is 0.410 e. The molecule has 2 N–H and O–H groups in total. The first-order chi connectivity index (χ1) is 13.7. The SMILES string of the molecule is CCOc1ccc(CC(=O)Nc2n[nH]c3c2CCN(C(=O)OC(C)(C)C)C3)cc1. The van der Waals surface area contributed by atoms with Gasteiger partial charge in [-0.15, -0.1) is 0 Å². The molecule has 0 atom stereocenters. The summed E-state index contributed by atoms with van der Waals surface area (Å²) >= 11 is 0. The van der Waals surface area contributed by atoms with Gasteiger partial charge >= 0.3 is 6.09 Å². The van der Waals surface area contributed by atoms with Gasteiger partial charge in [0.15, 0.2) is 5.82 Å². The summed E-state index contributed by atoms with van der Waals surface area (Å²) in [4.78, 5) is 26.3. The summed E-state index contributed by atoms with van der Waals surface area (Å²) in [6.07, 6.45) is 0.501. The van der Waals surface area contributed by atoms with Crippen molar-refractivity contribution >= 4 is 17.8 Å². The van der Waals surface area contributed by atoms with Crippen LogP contribution >= 0.6 is 0 Å². The summed E-state index contributed by atoms with van der Waals surface area (Å²) in [5.41, 5.74) is 2.11. The lowest BCUT2D eigenvalue weighted by Gasteiger charge is -2.29. The average molecular weight is 400 g/mol. The van der Waals surface area contributed by atoms with Gasteiger partial charge in [-0.2, -0.15) is 5.10 Å². The number of nitrogens with zero attached hydrogens (tertiary/aromatic N) is 2. The van der Waals surface area contributed by atoms with Crippen LogP contribution in [-0.4, -0.2) is 45.9 Å². The highest BCUT2D eigenvalue weighted by Gasteiger charge is 2.28. The molecule has 0 unspecified atom stereocenters. The molecule has 1 aliphatic heterocycles. The van der Waals surface area contributed by atoms with Crippen LogP contribution in [0.1, 0.15) is 44.5 Å². The maximum absolute atomic E-state index is 12.4. The number of fused-ring (bicyclic) bond motifs is 1. The van der Waals surface area contributed by atoms with Gasteiger partial charge in [0.05, 0.1) is 25.3 Å². The van der Waals surface area contributed by atoms with Gasteiger partial charge in [0, 0.05) is 12.1 Å². The minimum absolute atomic E-state index is 0.141. The van der Waals surface area contributed by atoms with E-state index < -0.39 is 5.60 Å². The van der Waals surface area contributed by atoms with Gasteiger partial charge in [0.25, 0.3) is 0 Å². The number of hydrogen-bond acceptors (Lipinski definition) is 5. The van der Waals surface area contributed by atoms with Crippen LogP contribution in [0.15, 0.2) is 24.3 Å². The Balaban J connectivity index is 1.58. The van der Waals surface area contributed by atoms with E-state index in [0.717, 1.165) is 22.6 Å². The number of anilines is 1. The van der Waals surface area contributed by atoms with Crippen LogP contribution < -0.4 is 10.1 Å². The van der Waals surface area contributed by atoms with Crippen molar-refractivity contribution in [2.75, 3.05) is 18.5 Å². The molecule has 2 aromatic rings. The Morgan fingerprint density at radius 1 is 1.24 bits per heavy atom. The van der Waals surface area contributed by atoms with Gasteiger partial charge in [-0.25, -0.2) is 4.79 Å². The van der Waals surface area contributed by atoms with Crippen molar-refractivity contribution in [3.05, 3.63) is 41.1 Å². The Morgan fingerprint density at radius 2 is 1.97 bits per heavy atom. The van der Waals surface area contributed by atoms with E-state index in [1.807, 2.05) is 52.0 Å².